The van der Waals surface area contributed by atoms with Gasteiger partial charge in [-0.2, -0.15) is 0 Å². The van der Waals surface area contributed by atoms with Crippen molar-refractivity contribution >= 4 is 15.9 Å². The van der Waals surface area contributed by atoms with Crippen molar-refractivity contribution in [3.8, 4) is 0 Å². The number of nitrogens with one attached hydrogen (secondary N) is 1. The van der Waals surface area contributed by atoms with E-state index < -0.39 is 0 Å². The molecule has 4 heteroatoms. The molecule has 2 rings (SSSR count). The largest absolute Gasteiger partial charge is 0.306 e. The number of nitrogens with zero attached hydrogens (tertiary/aromatic N) is 1. The summed E-state index contributed by atoms with van der Waals surface area (Å²) in [7, 11) is 0. The summed E-state index contributed by atoms with van der Waals surface area (Å²) in [6, 6.07) is 9.01. The third-order valence-corrected chi connectivity index (χ3v) is 3.18. The predicted octanol–water partition coefficient (Wildman–Crippen LogP) is 3.83. The molecule has 0 spiro atoms. The highest BCUT2D eigenvalue weighted by Crippen LogP contribution is 2.16. The number of aromatic nitrogens is 1. The lowest BCUT2D eigenvalue weighted by molar-refractivity contribution is 0.567. The Morgan fingerprint density at radius 2 is 2.22 bits per heavy atom. The summed E-state index contributed by atoms with van der Waals surface area (Å²) in [4.78, 5) is 4.08. The second kappa shape index (κ2) is 6.07. The molecular weight excluding hydrogens is 295 g/mol. The molecular formula is C14H14BrFN2. The molecule has 1 atom stereocenters. The fourth-order valence-corrected chi connectivity index (χ4v) is 2.25. The van der Waals surface area contributed by atoms with Crippen molar-refractivity contribution in [1.82, 2.24) is 10.3 Å². The first-order chi connectivity index (χ1) is 8.65. The van der Waals surface area contributed by atoms with Gasteiger partial charge in [0.1, 0.15) is 5.82 Å². The Balaban J connectivity index is 1.99. The average Bonchev–Trinajstić information content (AvgIpc) is 2.36. The van der Waals surface area contributed by atoms with Crippen LogP contribution in [0.15, 0.2) is 47.2 Å². The number of benzene rings is 1. The molecule has 2 aromatic rings. The van der Waals surface area contributed by atoms with Gasteiger partial charge < -0.3 is 5.32 Å². The highest BCUT2D eigenvalue weighted by Gasteiger charge is 2.05. The van der Waals surface area contributed by atoms with Gasteiger partial charge in [-0.15, -0.1) is 0 Å². The van der Waals surface area contributed by atoms with Crippen LogP contribution in [0.5, 0.6) is 0 Å². The highest BCUT2D eigenvalue weighted by atomic mass is 79.9. The maximum atomic E-state index is 13.2. The summed E-state index contributed by atoms with van der Waals surface area (Å²) >= 11 is 3.29. The summed E-state index contributed by atoms with van der Waals surface area (Å²) in [6.07, 6.45) is 3.58. The molecule has 0 radical (unpaired) electrons. The van der Waals surface area contributed by atoms with Crippen LogP contribution in [0.4, 0.5) is 4.39 Å². The Morgan fingerprint density at radius 3 is 2.89 bits per heavy atom. The molecule has 0 saturated heterocycles. The fraction of sp³-hybridized carbons (Fsp3) is 0.214. The monoisotopic (exact) mass is 308 g/mol. The van der Waals surface area contributed by atoms with Crippen molar-refractivity contribution in [1.29, 1.82) is 0 Å². The summed E-state index contributed by atoms with van der Waals surface area (Å²) in [5.41, 5.74) is 2.03. The third kappa shape index (κ3) is 3.62. The molecule has 1 heterocycles. The summed E-state index contributed by atoms with van der Waals surface area (Å²) in [5, 5.41) is 3.34. The molecule has 0 aliphatic heterocycles. The predicted molar refractivity (Wildman–Crippen MR) is 73.6 cm³/mol. The Hall–Kier alpha value is -1.26. The van der Waals surface area contributed by atoms with Crippen molar-refractivity contribution in [3.63, 3.8) is 0 Å². The standard InChI is InChI=1S/C14H14BrFN2/c1-10(12-3-2-4-17-9-12)18-8-11-5-13(15)7-14(16)6-11/h2-7,9-10,18H,8H2,1H3. The topological polar surface area (TPSA) is 24.9 Å². The van der Waals surface area contributed by atoms with Gasteiger partial charge >= 0.3 is 0 Å². The van der Waals surface area contributed by atoms with E-state index in [-0.39, 0.29) is 11.9 Å². The van der Waals surface area contributed by atoms with Crippen molar-refractivity contribution in [2.45, 2.75) is 19.5 Å². The van der Waals surface area contributed by atoms with Gasteiger partial charge in [0.15, 0.2) is 0 Å². The summed E-state index contributed by atoms with van der Waals surface area (Å²) < 4.78 is 14.0. The minimum Gasteiger partial charge on any atom is -0.306 e. The summed E-state index contributed by atoms with van der Waals surface area (Å²) in [6.45, 7) is 2.68. The van der Waals surface area contributed by atoms with Crippen molar-refractivity contribution in [2.75, 3.05) is 0 Å². The molecule has 0 amide bonds. The van der Waals surface area contributed by atoms with Crippen LogP contribution in [-0.2, 0) is 6.54 Å². The van der Waals surface area contributed by atoms with Crippen LogP contribution in [0, 0.1) is 5.82 Å². The molecule has 2 nitrogen and oxygen atoms in total. The van der Waals surface area contributed by atoms with Crippen LogP contribution < -0.4 is 5.32 Å². The van der Waals surface area contributed by atoms with E-state index in [1.165, 1.54) is 12.1 Å². The smallest absolute Gasteiger partial charge is 0.124 e. The number of halogens is 2. The Labute approximate surface area is 114 Å². The Kier molecular flexibility index (Phi) is 4.44. The summed E-state index contributed by atoms with van der Waals surface area (Å²) in [5.74, 6) is -0.227. The van der Waals surface area contributed by atoms with E-state index in [1.54, 1.807) is 6.20 Å². The Bertz CT molecular complexity index is 496. The maximum Gasteiger partial charge on any atom is 0.124 e. The second-order valence-corrected chi connectivity index (χ2v) is 5.08. The number of hydrogen-bond donors (Lipinski definition) is 1. The first-order valence-corrected chi connectivity index (χ1v) is 6.53. The lowest BCUT2D eigenvalue weighted by Crippen LogP contribution is -2.18. The van der Waals surface area contributed by atoms with Crippen molar-refractivity contribution in [2.24, 2.45) is 0 Å². The third-order valence-electron chi connectivity index (χ3n) is 2.72. The molecule has 0 bridgehead atoms. The minimum absolute atomic E-state index is 0.181. The first-order valence-electron chi connectivity index (χ1n) is 5.73. The van der Waals surface area contributed by atoms with Gasteiger partial charge in [0.2, 0.25) is 0 Å². The molecule has 1 unspecified atom stereocenters. The van der Waals surface area contributed by atoms with E-state index in [0.29, 0.717) is 6.54 Å². The zero-order valence-corrected chi connectivity index (χ0v) is 11.6. The molecule has 0 aliphatic rings. The van der Waals surface area contributed by atoms with Crippen LogP contribution in [-0.4, -0.2) is 4.98 Å². The van der Waals surface area contributed by atoms with Gasteiger partial charge in [-0.25, -0.2) is 4.39 Å². The average molecular weight is 309 g/mol. The zero-order chi connectivity index (χ0) is 13.0. The quantitative estimate of drug-likeness (QED) is 0.928. The molecule has 0 fully saturated rings. The van der Waals surface area contributed by atoms with Gasteiger partial charge in [-0.05, 0) is 42.3 Å². The lowest BCUT2D eigenvalue weighted by atomic mass is 10.1. The number of hydrogen-bond acceptors (Lipinski definition) is 2. The zero-order valence-electron chi connectivity index (χ0n) is 10.0. The van der Waals surface area contributed by atoms with Gasteiger partial charge in [0.05, 0.1) is 0 Å². The molecule has 1 N–H and O–H groups in total. The SMILES string of the molecule is CC(NCc1cc(F)cc(Br)c1)c1cccnc1. The van der Waals surface area contributed by atoms with Gasteiger partial charge in [-0.1, -0.05) is 22.0 Å². The number of rotatable bonds is 4. The van der Waals surface area contributed by atoms with E-state index in [2.05, 4.69) is 33.2 Å². The van der Waals surface area contributed by atoms with Gasteiger partial charge in [0.25, 0.3) is 0 Å². The molecule has 0 saturated carbocycles. The first kappa shape index (κ1) is 13.2. The lowest BCUT2D eigenvalue weighted by Gasteiger charge is -2.14. The van der Waals surface area contributed by atoms with Crippen molar-refractivity contribution in [3.05, 3.63) is 64.1 Å². The molecule has 1 aromatic heterocycles. The van der Waals surface area contributed by atoms with E-state index >= 15 is 0 Å². The van der Waals surface area contributed by atoms with Crippen molar-refractivity contribution < 1.29 is 4.39 Å². The normalized spacial score (nSPS) is 12.4. The molecule has 18 heavy (non-hydrogen) atoms. The number of pyridine rings is 1. The van der Waals surface area contributed by atoms with Gasteiger partial charge in [-0.3, -0.25) is 4.98 Å². The van der Waals surface area contributed by atoms with Crippen LogP contribution in [0.25, 0.3) is 0 Å². The highest BCUT2D eigenvalue weighted by molar-refractivity contribution is 9.10. The maximum absolute atomic E-state index is 13.2. The molecule has 1 aromatic carbocycles. The van der Waals surface area contributed by atoms with Crippen LogP contribution in [0.1, 0.15) is 24.1 Å². The van der Waals surface area contributed by atoms with Gasteiger partial charge in [0, 0.05) is 29.5 Å². The van der Waals surface area contributed by atoms with E-state index in [0.717, 1.165) is 15.6 Å². The molecule has 0 aliphatic carbocycles. The van der Waals surface area contributed by atoms with E-state index in [4.69, 9.17) is 0 Å². The molecule has 94 valence electrons. The van der Waals surface area contributed by atoms with Crippen LogP contribution in [0.2, 0.25) is 0 Å². The van der Waals surface area contributed by atoms with Crippen LogP contribution >= 0.6 is 15.9 Å². The minimum atomic E-state index is -0.227. The van der Waals surface area contributed by atoms with E-state index in [1.807, 2.05) is 24.4 Å². The van der Waals surface area contributed by atoms with Crippen LogP contribution in [0.3, 0.4) is 0 Å². The fourth-order valence-electron chi connectivity index (χ4n) is 1.73. The Morgan fingerprint density at radius 1 is 1.39 bits per heavy atom. The second-order valence-electron chi connectivity index (χ2n) is 4.17. The van der Waals surface area contributed by atoms with E-state index in [9.17, 15) is 4.39 Å².